The maximum Gasteiger partial charge on any atom is 0.326 e. The molecule has 0 bridgehead atoms. The lowest BCUT2D eigenvalue weighted by atomic mass is 10.0. The Labute approximate surface area is 139 Å². The summed E-state index contributed by atoms with van der Waals surface area (Å²) in [6.07, 6.45) is 2.00. The molecule has 0 saturated carbocycles. The zero-order valence-electron chi connectivity index (χ0n) is 12.9. The molecule has 1 aromatic carbocycles. The van der Waals surface area contributed by atoms with E-state index >= 15 is 0 Å². The molecule has 0 fully saturated rings. The molecular weight excluding hydrogens is 318 g/mol. The van der Waals surface area contributed by atoms with Crippen LogP contribution in [0.1, 0.15) is 30.8 Å². The van der Waals surface area contributed by atoms with Crippen molar-refractivity contribution in [2.75, 3.05) is 0 Å². The Bertz CT molecular complexity index is 695. The van der Waals surface area contributed by atoms with E-state index in [4.69, 9.17) is 11.6 Å². The number of carbonyl (C=O) groups excluding carboxylic acids is 1. The van der Waals surface area contributed by atoms with Gasteiger partial charge in [0, 0.05) is 11.2 Å². The van der Waals surface area contributed by atoms with Crippen LogP contribution in [0, 0.1) is 5.92 Å². The van der Waals surface area contributed by atoms with Crippen LogP contribution in [0.2, 0.25) is 5.02 Å². The SMILES string of the molecule is CC(C)C[C@H](NC(=O)c1ccn(-c2ccc(Cl)cc2)n1)C(=O)O. The van der Waals surface area contributed by atoms with Crippen LogP contribution in [0.25, 0.3) is 5.69 Å². The Balaban J connectivity index is 2.11. The fraction of sp³-hybridized carbons (Fsp3) is 0.312. The van der Waals surface area contributed by atoms with Gasteiger partial charge in [0.2, 0.25) is 0 Å². The molecule has 6 nitrogen and oxygen atoms in total. The van der Waals surface area contributed by atoms with E-state index < -0.39 is 17.9 Å². The van der Waals surface area contributed by atoms with Gasteiger partial charge in [-0.3, -0.25) is 4.79 Å². The molecule has 0 aliphatic heterocycles. The summed E-state index contributed by atoms with van der Waals surface area (Å²) < 4.78 is 1.53. The van der Waals surface area contributed by atoms with Crippen LogP contribution in [0.4, 0.5) is 0 Å². The van der Waals surface area contributed by atoms with E-state index in [-0.39, 0.29) is 11.6 Å². The predicted molar refractivity (Wildman–Crippen MR) is 86.9 cm³/mol. The summed E-state index contributed by atoms with van der Waals surface area (Å²) in [5, 5.41) is 16.5. The molecular formula is C16H18ClN3O3. The maximum atomic E-state index is 12.2. The van der Waals surface area contributed by atoms with Crippen molar-refractivity contribution in [1.82, 2.24) is 15.1 Å². The van der Waals surface area contributed by atoms with Crippen LogP contribution in [-0.4, -0.2) is 32.8 Å². The van der Waals surface area contributed by atoms with Crippen LogP contribution in [0.15, 0.2) is 36.5 Å². The molecule has 0 spiro atoms. The number of carboxylic acids is 1. The van der Waals surface area contributed by atoms with Gasteiger partial charge in [-0.2, -0.15) is 5.10 Å². The van der Waals surface area contributed by atoms with Gasteiger partial charge in [-0.1, -0.05) is 25.4 Å². The van der Waals surface area contributed by atoms with Crippen molar-refractivity contribution in [3.63, 3.8) is 0 Å². The first-order valence-corrected chi connectivity index (χ1v) is 7.60. The van der Waals surface area contributed by atoms with Gasteiger partial charge in [-0.25, -0.2) is 9.48 Å². The van der Waals surface area contributed by atoms with Crippen molar-refractivity contribution in [3.8, 4) is 5.69 Å². The van der Waals surface area contributed by atoms with Gasteiger partial charge in [0.1, 0.15) is 6.04 Å². The Kier molecular flexibility index (Phi) is 5.39. The third kappa shape index (κ3) is 4.56. The number of carboxylic acid groups (broad SMARTS) is 1. The van der Waals surface area contributed by atoms with Crippen molar-refractivity contribution >= 4 is 23.5 Å². The van der Waals surface area contributed by atoms with Crippen molar-refractivity contribution in [1.29, 1.82) is 0 Å². The fourth-order valence-corrected chi connectivity index (χ4v) is 2.23. The summed E-state index contributed by atoms with van der Waals surface area (Å²) in [6, 6.07) is 7.61. The molecule has 2 aromatic rings. The average Bonchev–Trinajstić information content (AvgIpc) is 2.96. The van der Waals surface area contributed by atoms with Gasteiger partial charge in [0.25, 0.3) is 5.91 Å². The standard InChI is InChI=1S/C16H18ClN3O3/c1-10(2)9-14(16(22)23)18-15(21)13-7-8-20(19-13)12-5-3-11(17)4-6-12/h3-8,10,14H,9H2,1-2H3,(H,18,21)(H,22,23)/t14-/m0/s1. The highest BCUT2D eigenvalue weighted by atomic mass is 35.5. The molecule has 0 radical (unpaired) electrons. The fourth-order valence-electron chi connectivity index (χ4n) is 2.11. The molecule has 7 heteroatoms. The summed E-state index contributed by atoms with van der Waals surface area (Å²) >= 11 is 5.83. The highest BCUT2D eigenvalue weighted by Crippen LogP contribution is 2.13. The van der Waals surface area contributed by atoms with Gasteiger partial charge in [-0.15, -0.1) is 0 Å². The normalized spacial score (nSPS) is 12.2. The molecule has 0 aliphatic carbocycles. The molecule has 0 unspecified atom stereocenters. The lowest BCUT2D eigenvalue weighted by molar-refractivity contribution is -0.139. The zero-order chi connectivity index (χ0) is 17.0. The Morgan fingerprint density at radius 1 is 1.26 bits per heavy atom. The Hall–Kier alpha value is -2.34. The number of aliphatic carboxylic acids is 1. The third-order valence-electron chi connectivity index (χ3n) is 3.22. The summed E-state index contributed by atoms with van der Waals surface area (Å²) in [5.74, 6) is -1.40. The van der Waals surface area contributed by atoms with Crippen LogP contribution in [-0.2, 0) is 4.79 Å². The molecule has 0 saturated heterocycles. The van der Waals surface area contributed by atoms with E-state index in [1.165, 1.54) is 10.7 Å². The highest BCUT2D eigenvalue weighted by Gasteiger charge is 2.22. The third-order valence-corrected chi connectivity index (χ3v) is 3.48. The second-order valence-corrected chi connectivity index (χ2v) is 6.05. The van der Waals surface area contributed by atoms with Crippen LogP contribution in [0.3, 0.4) is 0 Å². The van der Waals surface area contributed by atoms with E-state index in [1.54, 1.807) is 30.5 Å². The minimum atomic E-state index is -1.05. The molecule has 23 heavy (non-hydrogen) atoms. The van der Waals surface area contributed by atoms with Gasteiger partial charge < -0.3 is 10.4 Å². The summed E-state index contributed by atoms with van der Waals surface area (Å²) in [7, 11) is 0. The number of benzene rings is 1. The van der Waals surface area contributed by atoms with Crippen LogP contribution in [0.5, 0.6) is 0 Å². The average molecular weight is 336 g/mol. The Morgan fingerprint density at radius 3 is 2.48 bits per heavy atom. The number of carbonyl (C=O) groups is 2. The molecule has 1 aromatic heterocycles. The number of rotatable bonds is 6. The molecule has 2 N–H and O–H groups in total. The largest absolute Gasteiger partial charge is 0.480 e. The number of aromatic nitrogens is 2. The predicted octanol–water partition coefficient (Wildman–Crippen LogP) is 2.75. The minimum Gasteiger partial charge on any atom is -0.480 e. The number of amides is 1. The minimum absolute atomic E-state index is 0.156. The van der Waals surface area contributed by atoms with E-state index in [0.29, 0.717) is 11.4 Å². The van der Waals surface area contributed by atoms with E-state index in [0.717, 1.165) is 5.69 Å². The molecule has 1 heterocycles. The first-order chi connectivity index (χ1) is 10.9. The van der Waals surface area contributed by atoms with Crippen molar-refractivity contribution in [3.05, 3.63) is 47.2 Å². The smallest absolute Gasteiger partial charge is 0.326 e. The monoisotopic (exact) mass is 335 g/mol. The highest BCUT2D eigenvalue weighted by molar-refractivity contribution is 6.30. The van der Waals surface area contributed by atoms with Crippen molar-refractivity contribution < 1.29 is 14.7 Å². The maximum absolute atomic E-state index is 12.2. The van der Waals surface area contributed by atoms with E-state index in [1.807, 2.05) is 13.8 Å². The second-order valence-electron chi connectivity index (χ2n) is 5.62. The first kappa shape index (κ1) is 17.0. The second kappa shape index (κ2) is 7.28. The molecule has 0 aliphatic rings. The number of nitrogens with zero attached hydrogens (tertiary/aromatic N) is 2. The molecule has 122 valence electrons. The number of hydrogen-bond acceptors (Lipinski definition) is 3. The number of nitrogens with one attached hydrogen (secondary N) is 1. The van der Waals surface area contributed by atoms with Gasteiger partial charge >= 0.3 is 5.97 Å². The lowest BCUT2D eigenvalue weighted by Crippen LogP contribution is -2.41. The van der Waals surface area contributed by atoms with Crippen molar-refractivity contribution in [2.24, 2.45) is 5.92 Å². The number of hydrogen-bond donors (Lipinski definition) is 2. The topological polar surface area (TPSA) is 84.2 Å². The zero-order valence-corrected chi connectivity index (χ0v) is 13.6. The van der Waals surface area contributed by atoms with Crippen LogP contribution >= 0.6 is 11.6 Å². The van der Waals surface area contributed by atoms with E-state index in [9.17, 15) is 14.7 Å². The number of halogens is 1. The van der Waals surface area contributed by atoms with Gasteiger partial charge in [0.05, 0.1) is 5.69 Å². The lowest BCUT2D eigenvalue weighted by Gasteiger charge is -2.15. The molecule has 1 atom stereocenters. The molecule has 2 rings (SSSR count). The van der Waals surface area contributed by atoms with Crippen LogP contribution < -0.4 is 5.32 Å². The summed E-state index contributed by atoms with van der Waals surface area (Å²) in [6.45, 7) is 3.80. The van der Waals surface area contributed by atoms with Gasteiger partial charge in [0.15, 0.2) is 5.69 Å². The quantitative estimate of drug-likeness (QED) is 0.850. The van der Waals surface area contributed by atoms with E-state index in [2.05, 4.69) is 10.4 Å². The Morgan fingerprint density at radius 2 is 1.91 bits per heavy atom. The molecule has 1 amide bonds. The summed E-state index contributed by atoms with van der Waals surface area (Å²) in [4.78, 5) is 23.4. The summed E-state index contributed by atoms with van der Waals surface area (Å²) in [5.41, 5.74) is 0.917. The van der Waals surface area contributed by atoms with Crippen molar-refractivity contribution in [2.45, 2.75) is 26.3 Å². The first-order valence-electron chi connectivity index (χ1n) is 7.22. The van der Waals surface area contributed by atoms with Gasteiger partial charge in [-0.05, 0) is 42.7 Å².